The van der Waals surface area contributed by atoms with Crippen LogP contribution in [0.2, 0.25) is 0 Å². The first-order valence-electron chi connectivity index (χ1n) is 7.46. The second-order valence-electron chi connectivity index (χ2n) is 5.51. The largest absolute Gasteiger partial charge is 0.481 e. The maximum atomic E-state index is 12.0. The van der Waals surface area contributed by atoms with Crippen LogP contribution in [-0.2, 0) is 4.79 Å². The Hall–Kier alpha value is -2.64. The molecule has 8 nitrogen and oxygen atoms in total. The number of carbonyl (C=O) groups excluding carboxylic acids is 1. The maximum absolute atomic E-state index is 12.0. The van der Waals surface area contributed by atoms with E-state index in [9.17, 15) is 19.7 Å². The molecule has 8 heteroatoms. The van der Waals surface area contributed by atoms with Crippen LogP contribution < -0.4 is 5.32 Å². The molecule has 0 radical (unpaired) electrons. The van der Waals surface area contributed by atoms with E-state index in [1.807, 2.05) is 0 Å². The fraction of sp³-hybridized carbons (Fsp3) is 0.467. The van der Waals surface area contributed by atoms with Crippen LogP contribution in [0, 0.1) is 10.1 Å². The van der Waals surface area contributed by atoms with E-state index in [-0.39, 0.29) is 30.6 Å². The highest BCUT2D eigenvalue weighted by molar-refractivity contribution is 5.75. The first-order valence-corrected chi connectivity index (χ1v) is 7.46. The Kier molecular flexibility index (Phi) is 5.51. The van der Waals surface area contributed by atoms with Gasteiger partial charge in [-0.3, -0.25) is 14.9 Å². The molecule has 0 spiro atoms. The summed E-state index contributed by atoms with van der Waals surface area (Å²) in [4.78, 5) is 34.4. The van der Waals surface area contributed by atoms with Crippen LogP contribution in [-0.4, -0.2) is 46.6 Å². The summed E-state index contributed by atoms with van der Waals surface area (Å²) < 4.78 is 0. The van der Waals surface area contributed by atoms with Gasteiger partial charge in [-0.05, 0) is 18.4 Å². The normalized spacial score (nSPS) is 17.6. The highest BCUT2D eigenvalue weighted by Crippen LogP contribution is 2.28. The van der Waals surface area contributed by atoms with Crippen LogP contribution in [0.5, 0.6) is 0 Å². The molecule has 1 aromatic carbocycles. The van der Waals surface area contributed by atoms with Gasteiger partial charge in [0.05, 0.1) is 11.3 Å². The minimum atomic E-state index is -0.951. The number of nitro benzene ring substituents is 1. The first kappa shape index (κ1) is 16.7. The van der Waals surface area contributed by atoms with Crippen molar-refractivity contribution in [2.75, 3.05) is 19.6 Å². The number of non-ortho nitro benzene ring substituents is 1. The van der Waals surface area contributed by atoms with E-state index in [0.29, 0.717) is 13.1 Å². The molecule has 0 saturated carbocycles. The van der Waals surface area contributed by atoms with Crippen molar-refractivity contribution in [1.82, 2.24) is 10.2 Å². The van der Waals surface area contributed by atoms with Gasteiger partial charge in [-0.25, -0.2) is 4.79 Å². The van der Waals surface area contributed by atoms with Gasteiger partial charge in [0.15, 0.2) is 0 Å². The van der Waals surface area contributed by atoms with E-state index in [4.69, 9.17) is 5.11 Å². The van der Waals surface area contributed by atoms with Gasteiger partial charge in [0.25, 0.3) is 5.69 Å². The highest BCUT2D eigenvalue weighted by atomic mass is 16.6. The van der Waals surface area contributed by atoms with Crippen molar-refractivity contribution in [1.29, 1.82) is 0 Å². The lowest BCUT2D eigenvalue weighted by molar-refractivity contribution is -0.384. The number of carboxylic acids is 1. The monoisotopic (exact) mass is 321 g/mol. The van der Waals surface area contributed by atoms with Gasteiger partial charge >= 0.3 is 12.0 Å². The van der Waals surface area contributed by atoms with Crippen LogP contribution in [0.1, 0.15) is 30.7 Å². The number of nitro groups is 1. The van der Waals surface area contributed by atoms with Crippen molar-refractivity contribution < 1.29 is 19.6 Å². The van der Waals surface area contributed by atoms with E-state index in [2.05, 4.69) is 5.32 Å². The zero-order valence-electron chi connectivity index (χ0n) is 12.6. The number of amides is 2. The number of benzene rings is 1. The summed E-state index contributed by atoms with van der Waals surface area (Å²) in [5.41, 5.74) is 1.02. The standard InChI is InChI=1S/C15H19N3O5/c19-14(20)7-8-16-15(21)17-9-1-2-12(10-17)11-3-5-13(6-4-11)18(22)23/h3-6,12H,1-2,7-10H2,(H,16,21)(H,19,20). The number of hydrogen-bond acceptors (Lipinski definition) is 4. The molecule has 124 valence electrons. The summed E-state index contributed by atoms with van der Waals surface area (Å²) in [6.45, 7) is 1.26. The van der Waals surface area contributed by atoms with Crippen LogP contribution in [0.4, 0.5) is 10.5 Å². The Labute approximate surface area is 133 Å². The van der Waals surface area contributed by atoms with Crippen LogP contribution >= 0.6 is 0 Å². The molecule has 1 unspecified atom stereocenters. The molecule has 2 amide bonds. The number of piperidine rings is 1. The van der Waals surface area contributed by atoms with Gasteiger partial charge in [0, 0.05) is 37.7 Å². The van der Waals surface area contributed by atoms with E-state index < -0.39 is 10.9 Å². The van der Waals surface area contributed by atoms with Crippen LogP contribution in [0.25, 0.3) is 0 Å². The van der Waals surface area contributed by atoms with Gasteiger partial charge in [-0.2, -0.15) is 0 Å². The molecule has 2 rings (SSSR count). The minimum Gasteiger partial charge on any atom is -0.481 e. The average Bonchev–Trinajstić information content (AvgIpc) is 2.54. The van der Waals surface area contributed by atoms with Crippen molar-refractivity contribution in [3.05, 3.63) is 39.9 Å². The molecule has 1 aliphatic rings. The Morgan fingerprint density at radius 3 is 2.65 bits per heavy atom. The number of rotatable bonds is 5. The highest BCUT2D eigenvalue weighted by Gasteiger charge is 2.25. The second-order valence-corrected chi connectivity index (χ2v) is 5.51. The molecule has 23 heavy (non-hydrogen) atoms. The second kappa shape index (κ2) is 7.57. The van der Waals surface area contributed by atoms with Gasteiger partial charge in [-0.15, -0.1) is 0 Å². The molecule has 1 saturated heterocycles. The number of nitrogens with one attached hydrogen (secondary N) is 1. The third-order valence-corrected chi connectivity index (χ3v) is 3.90. The number of carbonyl (C=O) groups is 2. The smallest absolute Gasteiger partial charge is 0.317 e. The molecule has 1 heterocycles. The van der Waals surface area contributed by atoms with Crippen molar-refractivity contribution in [2.45, 2.75) is 25.2 Å². The number of likely N-dealkylation sites (tertiary alicyclic amines) is 1. The molecule has 1 aliphatic heterocycles. The Bertz CT molecular complexity index is 587. The molecule has 0 aliphatic carbocycles. The van der Waals surface area contributed by atoms with Crippen molar-refractivity contribution >= 4 is 17.7 Å². The topological polar surface area (TPSA) is 113 Å². The summed E-state index contributed by atoms with van der Waals surface area (Å²) in [6.07, 6.45) is 1.65. The van der Waals surface area contributed by atoms with E-state index in [1.165, 1.54) is 12.1 Å². The molecule has 1 atom stereocenters. The number of carboxylic acid groups (broad SMARTS) is 1. The Morgan fingerprint density at radius 1 is 1.35 bits per heavy atom. The lowest BCUT2D eigenvalue weighted by atomic mass is 9.90. The van der Waals surface area contributed by atoms with E-state index in [1.54, 1.807) is 17.0 Å². The molecule has 0 aromatic heterocycles. The van der Waals surface area contributed by atoms with Gasteiger partial charge < -0.3 is 15.3 Å². The third kappa shape index (κ3) is 4.67. The zero-order chi connectivity index (χ0) is 16.8. The first-order chi connectivity index (χ1) is 11.0. The number of aliphatic carboxylic acids is 1. The van der Waals surface area contributed by atoms with Gasteiger partial charge in [-0.1, -0.05) is 12.1 Å². The van der Waals surface area contributed by atoms with Crippen LogP contribution in [0.15, 0.2) is 24.3 Å². The summed E-state index contributed by atoms with van der Waals surface area (Å²) >= 11 is 0. The molecular formula is C15H19N3O5. The van der Waals surface area contributed by atoms with Crippen molar-refractivity contribution in [3.8, 4) is 0 Å². The lowest BCUT2D eigenvalue weighted by Crippen LogP contribution is -2.45. The molecule has 2 N–H and O–H groups in total. The third-order valence-electron chi connectivity index (χ3n) is 3.90. The van der Waals surface area contributed by atoms with Crippen LogP contribution in [0.3, 0.4) is 0 Å². The predicted octanol–water partition coefficient (Wildman–Crippen LogP) is 1.96. The van der Waals surface area contributed by atoms with E-state index >= 15 is 0 Å². The van der Waals surface area contributed by atoms with Gasteiger partial charge in [0.1, 0.15) is 0 Å². The Morgan fingerprint density at radius 2 is 2.04 bits per heavy atom. The van der Waals surface area contributed by atoms with E-state index in [0.717, 1.165) is 18.4 Å². The molecule has 1 fully saturated rings. The fourth-order valence-electron chi connectivity index (χ4n) is 2.69. The fourth-order valence-corrected chi connectivity index (χ4v) is 2.69. The average molecular weight is 321 g/mol. The summed E-state index contributed by atoms with van der Waals surface area (Å²) in [6, 6.07) is 6.14. The quantitative estimate of drug-likeness (QED) is 0.636. The molecule has 1 aromatic rings. The number of urea groups is 1. The summed E-state index contributed by atoms with van der Waals surface area (Å²) in [5.74, 6) is -0.817. The number of hydrogen-bond donors (Lipinski definition) is 2. The van der Waals surface area contributed by atoms with Crippen molar-refractivity contribution in [3.63, 3.8) is 0 Å². The SMILES string of the molecule is O=C(O)CCNC(=O)N1CCCC(c2ccc([N+](=O)[O-])cc2)C1. The molecular weight excluding hydrogens is 302 g/mol. The predicted molar refractivity (Wildman–Crippen MR) is 82.3 cm³/mol. The van der Waals surface area contributed by atoms with Crippen molar-refractivity contribution in [2.24, 2.45) is 0 Å². The lowest BCUT2D eigenvalue weighted by Gasteiger charge is -2.33. The summed E-state index contributed by atoms with van der Waals surface area (Å²) in [7, 11) is 0. The summed E-state index contributed by atoms with van der Waals surface area (Å²) in [5, 5.41) is 21.9. The minimum absolute atomic E-state index is 0.0489. The molecule has 0 bridgehead atoms. The van der Waals surface area contributed by atoms with Gasteiger partial charge in [0.2, 0.25) is 0 Å². The zero-order valence-corrected chi connectivity index (χ0v) is 12.6. The maximum Gasteiger partial charge on any atom is 0.317 e. The number of nitrogens with zero attached hydrogens (tertiary/aromatic N) is 2. The Balaban J connectivity index is 1.93.